The molecule has 0 radical (unpaired) electrons. The first-order chi connectivity index (χ1) is 10.6. The molecule has 0 fully saturated rings. The van der Waals surface area contributed by atoms with Gasteiger partial charge in [-0.05, 0) is 36.8 Å². The van der Waals surface area contributed by atoms with Crippen molar-refractivity contribution in [1.29, 1.82) is 0 Å². The van der Waals surface area contributed by atoms with Gasteiger partial charge in [0.15, 0.2) is 5.78 Å². The zero-order chi connectivity index (χ0) is 15.9. The van der Waals surface area contributed by atoms with Crippen molar-refractivity contribution in [3.8, 4) is 5.75 Å². The average molecular weight is 298 g/mol. The minimum Gasteiger partial charge on any atom is -0.494 e. The van der Waals surface area contributed by atoms with Crippen molar-refractivity contribution in [3.63, 3.8) is 0 Å². The smallest absolute Gasteiger partial charge is 0.336 e. The highest BCUT2D eigenvalue weighted by Gasteiger charge is 2.17. The molecular weight excluding hydrogens is 280 g/mol. The van der Waals surface area contributed by atoms with Gasteiger partial charge in [0.05, 0.1) is 12.2 Å². The second kappa shape index (κ2) is 7.41. The summed E-state index contributed by atoms with van der Waals surface area (Å²) in [6.45, 7) is 2.73. The van der Waals surface area contributed by atoms with Crippen LogP contribution in [0.15, 0.2) is 48.5 Å². The monoisotopic (exact) mass is 298 g/mol. The third kappa shape index (κ3) is 3.73. The maximum absolute atomic E-state index is 12.4. The number of rotatable bonds is 7. The Morgan fingerprint density at radius 1 is 1.00 bits per heavy atom. The summed E-state index contributed by atoms with van der Waals surface area (Å²) in [7, 11) is 0. The van der Waals surface area contributed by atoms with E-state index in [4.69, 9.17) is 9.84 Å². The fourth-order valence-electron chi connectivity index (χ4n) is 2.06. The van der Waals surface area contributed by atoms with Crippen LogP contribution in [0.1, 0.15) is 46.0 Å². The lowest BCUT2D eigenvalue weighted by molar-refractivity contribution is 0.0693. The van der Waals surface area contributed by atoms with E-state index >= 15 is 0 Å². The predicted octanol–water partition coefficient (Wildman–Crippen LogP) is 3.79. The Balaban J connectivity index is 2.18. The molecule has 2 rings (SSSR count). The first-order valence-electron chi connectivity index (χ1n) is 7.23. The van der Waals surface area contributed by atoms with Crippen LogP contribution in [0.25, 0.3) is 0 Å². The molecule has 114 valence electrons. The van der Waals surface area contributed by atoms with Crippen LogP contribution in [0.3, 0.4) is 0 Å². The standard InChI is InChI=1S/C18H18O4/c1-2-3-12-22-14-10-8-13(9-11-14)17(19)15-6-4-5-7-16(15)18(20)21/h4-11H,2-3,12H2,1H3,(H,20,21). The molecule has 0 aliphatic rings. The predicted molar refractivity (Wildman–Crippen MR) is 83.7 cm³/mol. The van der Waals surface area contributed by atoms with Crippen LogP contribution in [-0.4, -0.2) is 23.5 Å². The van der Waals surface area contributed by atoms with Gasteiger partial charge >= 0.3 is 5.97 Å². The minimum atomic E-state index is -1.11. The van der Waals surface area contributed by atoms with Crippen molar-refractivity contribution in [2.75, 3.05) is 6.61 Å². The summed E-state index contributed by atoms with van der Waals surface area (Å²) in [6, 6.07) is 13.0. The highest BCUT2D eigenvalue weighted by atomic mass is 16.5. The van der Waals surface area contributed by atoms with Crippen molar-refractivity contribution in [2.24, 2.45) is 0 Å². The Hall–Kier alpha value is -2.62. The van der Waals surface area contributed by atoms with E-state index in [9.17, 15) is 9.59 Å². The summed E-state index contributed by atoms with van der Waals surface area (Å²) >= 11 is 0. The van der Waals surface area contributed by atoms with Gasteiger partial charge in [-0.1, -0.05) is 31.5 Å². The Morgan fingerprint density at radius 3 is 2.23 bits per heavy atom. The van der Waals surface area contributed by atoms with E-state index in [1.54, 1.807) is 36.4 Å². The number of carboxylic acid groups (broad SMARTS) is 1. The highest BCUT2D eigenvalue weighted by Crippen LogP contribution is 2.18. The van der Waals surface area contributed by atoms with Crippen LogP contribution in [-0.2, 0) is 0 Å². The number of hydrogen-bond acceptors (Lipinski definition) is 3. The Labute approximate surface area is 129 Å². The van der Waals surface area contributed by atoms with Gasteiger partial charge in [0, 0.05) is 11.1 Å². The molecule has 0 saturated carbocycles. The molecule has 4 nitrogen and oxygen atoms in total. The van der Waals surface area contributed by atoms with E-state index in [1.165, 1.54) is 12.1 Å². The van der Waals surface area contributed by atoms with Crippen molar-refractivity contribution >= 4 is 11.8 Å². The quantitative estimate of drug-likeness (QED) is 0.624. The second-order valence-corrected chi connectivity index (χ2v) is 4.91. The number of hydrogen-bond donors (Lipinski definition) is 1. The molecule has 0 saturated heterocycles. The maximum Gasteiger partial charge on any atom is 0.336 e. The topological polar surface area (TPSA) is 63.6 Å². The molecule has 0 aromatic heterocycles. The van der Waals surface area contributed by atoms with Gasteiger partial charge in [-0.15, -0.1) is 0 Å². The molecule has 2 aromatic carbocycles. The second-order valence-electron chi connectivity index (χ2n) is 4.91. The molecule has 0 aliphatic heterocycles. The Morgan fingerprint density at radius 2 is 1.64 bits per heavy atom. The third-order valence-corrected chi connectivity index (χ3v) is 3.29. The van der Waals surface area contributed by atoms with E-state index in [2.05, 4.69) is 6.92 Å². The summed E-state index contributed by atoms with van der Waals surface area (Å²) in [4.78, 5) is 23.6. The summed E-state index contributed by atoms with van der Waals surface area (Å²) in [5, 5.41) is 9.15. The molecule has 22 heavy (non-hydrogen) atoms. The molecule has 4 heteroatoms. The van der Waals surface area contributed by atoms with Crippen molar-refractivity contribution in [1.82, 2.24) is 0 Å². The number of carbonyl (C=O) groups is 2. The van der Waals surface area contributed by atoms with Crippen LogP contribution in [0.4, 0.5) is 0 Å². The normalized spacial score (nSPS) is 10.2. The van der Waals surface area contributed by atoms with Crippen molar-refractivity contribution in [2.45, 2.75) is 19.8 Å². The van der Waals surface area contributed by atoms with Crippen LogP contribution >= 0.6 is 0 Å². The van der Waals surface area contributed by atoms with Gasteiger partial charge in [-0.2, -0.15) is 0 Å². The zero-order valence-corrected chi connectivity index (χ0v) is 12.4. The summed E-state index contributed by atoms with van der Waals surface area (Å²) in [5.41, 5.74) is 0.641. The van der Waals surface area contributed by atoms with E-state index in [0.717, 1.165) is 12.8 Å². The van der Waals surface area contributed by atoms with Crippen LogP contribution in [0, 0.1) is 0 Å². The number of ether oxygens (including phenoxy) is 1. The largest absolute Gasteiger partial charge is 0.494 e. The molecule has 0 heterocycles. The summed E-state index contributed by atoms with van der Waals surface area (Å²) in [5.74, 6) is -0.710. The van der Waals surface area contributed by atoms with Gasteiger partial charge in [-0.3, -0.25) is 4.79 Å². The van der Waals surface area contributed by atoms with Gasteiger partial charge in [-0.25, -0.2) is 4.79 Å². The lowest BCUT2D eigenvalue weighted by atomic mass is 9.98. The average Bonchev–Trinajstić information content (AvgIpc) is 2.55. The Kier molecular flexibility index (Phi) is 5.31. The maximum atomic E-state index is 12.4. The third-order valence-electron chi connectivity index (χ3n) is 3.29. The first-order valence-corrected chi connectivity index (χ1v) is 7.23. The van der Waals surface area contributed by atoms with Crippen LogP contribution in [0.2, 0.25) is 0 Å². The first kappa shape index (κ1) is 15.8. The van der Waals surface area contributed by atoms with Crippen molar-refractivity contribution in [3.05, 3.63) is 65.2 Å². The molecule has 0 unspecified atom stereocenters. The summed E-state index contributed by atoms with van der Waals surface area (Å²) < 4.78 is 5.54. The lowest BCUT2D eigenvalue weighted by Gasteiger charge is -2.07. The van der Waals surface area contributed by atoms with Crippen LogP contribution in [0.5, 0.6) is 5.75 Å². The number of ketones is 1. The number of benzene rings is 2. The number of carbonyl (C=O) groups excluding carboxylic acids is 1. The van der Waals surface area contributed by atoms with E-state index in [0.29, 0.717) is 17.9 Å². The molecule has 0 bridgehead atoms. The zero-order valence-electron chi connectivity index (χ0n) is 12.4. The number of unbranched alkanes of at least 4 members (excludes halogenated alkanes) is 1. The van der Waals surface area contributed by atoms with E-state index < -0.39 is 5.97 Å². The van der Waals surface area contributed by atoms with Gasteiger partial charge in [0.2, 0.25) is 0 Å². The molecule has 0 spiro atoms. The van der Waals surface area contributed by atoms with Gasteiger partial charge < -0.3 is 9.84 Å². The molecule has 0 amide bonds. The molecule has 2 aromatic rings. The molecule has 0 atom stereocenters. The lowest BCUT2D eigenvalue weighted by Crippen LogP contribution is -2.09. The number of carboxylic acids is 1. The van der Waals surface area contributed by atoms with Gasteiger partial charge in [0.1, 0.15) is 5.75 Å². The minimum absolute atomic E-state index is 0.00997. The Bertz CT molecular complexity index is 659. The molecular formula is C18H18O4. The van der Waals surface area contributed by atoms with Gasteiger partial charge in [0.25, 0.3) is 0 Å². The molecule has 1 N–H and O–H groups in total. The molecule has 0 aliphatic carbocycles. The fourth-order valence-corrected chi connectivity index (χ4v) is 2.06. The van der Waals surface area contributed by atoms with E-state index in [-0.39, 0.29) is 16.9 Å². The fraction of sp³-hybridized carbons (Fsp3) is 0.222. The summed E-state index contributed by atoms with van der Waals surface area (Å²) in [6.07, 6.45) is 2.04. The van der Waals surface area contributed by atoms with Crippen LogP contribution < -0.4 is 4.74 Å². The SMILES string of the molecule is CCCCOc1ccc(C(=O)c2ccccc2C(=O)O)cc1. The number of aromatic carboxylic acids is 1. The highest BCUT2D eigenvalue weighted by molar-refractivity contribution is 6.14. The van der Waals surface area contributed by atoms with Crippen molar-refractivity contribution < 1.29 is 19.4 Å². The van der Waals surface area contributed by atoms with E-state index in [1.807, 2.05) is 0 Å².